The van der Waals surface area contributed by atoms with Crippen LogP contribution in [-0.2, 0) is 16.6 Å². The van der Waals surface area contributed by atoms with Gasteiger partial charge < -0.3 is 5.32 Å². The first-order valence-corrected chi connectivity index (χ1v) is 11.3. The number of amides is 1. The van der Waals surface area contributed by atoms with Crippen molar-refractivity contribution in [2.45, 2.75) is 24.4 Å². The highest BCUT2D eigenvalue weighted by molar-refractivity contribution is 7.89. The summed E-state index contributed by atoms with van der Waals surface area (Å²) in [5.41, 5.74) is 1.18. The largest absolute Gasteiger partial charge is 0.346 e. The number of hydrogen-bond donors (Lipinski definition) is 2. The van der Waals surface area contributed by atoms with Crippen LogP contribution in [0.15, 0.2) is 70.9 Å². The van der Waals surface area contributed by atoms with Gasteiger partial charge in [-0.15, -0.1) is 11.3 Å². The van der Waals surface area contributed by atoms with Crippen LogP contribution in [0.25, 0.3) is 0 Å². The van der Waals surface area contributed by atoms with Gasteiger partial charge >= 0.3 is 0 Å². The molecule has 0 aliphatic heterocycles. The molecule has 0 fully saturated rings. The van der Waals surface area contributed by atoms with Gasteiger partial charge in [0.1, 0.15) is 0 Å². The number of rotatable bonds is 7. The first kappa shape index (κ1) is 20.5. The molecule has 3 aromatic rings. The first-order valence-electron chi connectivity index (χ1n) is 8.53. The molecule has 1 amide bonds. The van der Waals surface area contributed by atoms with Gasteiger partial charge in [-0.05, 0) is 54.3 Å². The third-order valence-corrected chi connectivity index (χ3v) is 6.67. The fraction of sp³-hybridized carbons (Fsp3) is 0.150. The Balaban J connectivity index is 1.71. The van der Waals surface area contributed by atoms with E-state index in [4.69, 9.17) is 11.6 Å². The summed E-state index contributed by atoms with van der Waals surface area (Å²) >= 11 is 7.36. The van der Waals surface area contributed by atoms with Crippen LogP contribution in [0.1, 0.15) is 33.8 Å². The molecule has 28 heavy (non-hydrogen) atoms. The number of hydrogen-bond acceptors (Lipinski definition) is 4. The Morgan fingerprint density at radius 2 is 1.86 bits per heavy atom. The summed E-state index contributed by atoms with van der Waals surface area (Å²) in [5, 5.41) is 5.38. The van der Waals surface area contributed by atoms with Gasteiger partial charge in [0.2, 0.25) is 10.0 Å². The van der Waals surface area contributed by atoms with Crippen LogP contribution in [0.4, 0.5) is 0 Å². The first-order chi connectivity index (χ1) is 13.3. The second-order valence-corrected chi connectivity index (χ2v) is 9.41. The number of halogens is 1. The molecule has 2 N–H and O–H groups in total. The van der Waals surface area contributed by atoms with E-state index >= 15 is 0 Å². The molecule has 2 aromatic carbocycles. The minimum Gasteiger partial charge on any atom is -0.346 e. The smallest absolute Gasteiger partial charge is 0.251 e. The standard InChI is InChI=1S/C20H19ClN2O3S2/c1-14(15-7-9-17(21)10-8-15)23-20(24)16-4-2-6-19(12-16)28(25,26)22-13-18-5-3-11-27-18/h2-12,14,22H,13H2,1H3,(H,23,24). The third-order valence-electron chi connectivity index (χ3n) is 4.14. The van der Waals surface area contributed by atoms with E-state index in [1.165, 1.54) is 23.5 Å². The maximum absolute atomic E-state index is 12.6. The van der Waals surface area contributed by atoms with Crippen LogP contribution in [0.3, 0.4) is 0 Å². The average molecular weight is 435 g/mol. The zero-order valence-electron chi connectivity index (χ0n) is 15.1. The van der Waals surface area contributed by atoms with Gasteiger partial charge in [-0.1, -0.05) is 35.9 Å². The third kappa shape index (κ3) is 5.20. The van der Waals surface area contributed by atoms with Crippen LogP contribution in [0.2, 0.25) is 5.02 Å². The van der Waals surface area contributed by atoms with Crippen LogP contribution in [0, 0.1) is 0 Å². The molecular weight excluding hydrogens is 416 g/mol. The Kier molecular flexibility index (Phi) is 6.51. The Labute approximate surface area is 173 Å². The van der Waals surface area contributed by atoms with E-state index in [0.29, 0.717) is 5.02 Å². The van der Waals surface area contributed by atoms with Crippen molar-refractivity contribution in [3.8, 4) is 0 Å². The van der Waals surface area contributed by atoms with Gasteiger partial charge in [-0.2, -0.15) is 0 Å². The van der Waals surface area contributed by atoms with E-state index in [1.807, 2.05) is 36.6 Å². The van der Waals surface area contributed by atoms with Crippen molar-refractivity contribution in [3.63, 3.8) is 0 Å². The highest BCUT2D eigenvalue weighted by atomic mass is 35.5. The Morgan fingerprint density at radius 1 is 1.11 bits per heavy atom. The van der Waals surface area contributed by atoms with Gasteiger partial charge in [0, 0.05) is 22.0 Å². The quantitative estimate of drug-likeness (QED) is 0.579. The van der Waals surface area contributed by atoms with E-state index in [1.54, 1.807) is 24.3 Å². The van der Waals surface area contributed by atoms with Gasteiger partial charge in [-0.3, -0.25) is 4.79 Å². The number of nitrogens with one attached hydrogen (secondary N) is 2. The van der Waals surface area contributed by atoms with Crippen molar-refractivity contribution in [3.05, 3.63) is 87.1 Å². The molecule has 3 rings (SSSR count). The number of benzene rings is 2. The molecule has 0 saturated heterocycles. The van der Waals surface area contributed by atoms with E-state index in [0.717, 1.165) is 10.4 Å². The number of carbonyl (C=O) groups excluding carboxylic acids is 1. The van der Waals surface area contributed by atoms with Crippen molar-refractivity contribution in [1.82, 2.24) is 10.0 Å². The SMILES string of the molecule is CC(NC(=O)c1cccc(S(=O)(=O)NCc2cccs2)c1)c1ccc(Cl)cc1. The summed E-state index contributed by atoms with van der Waals surface area (Å²) in [4.78, 5) is 13.5. The van der Waals surface area contributed by atoms with E-state index < -0.39 is 10.0 Å². The lowest BCUT2D eigenvalue weighted by Crippen LogP contribution is -2.27. The molecule has 1 aromatic heterocycles. The van der Waals surface area contributed by atoms with Crippen molar-refractivity contribution in [2.24, 2.45) is 0 Å². The summed E-state index contributed by atoms with van der Waals surface area (Å²) in [6.45, 7) is 2.06. The molecule has 0 saturated carbocycles. The van der Waals surface area contributed by atoms with Crippen LogP contribution < -0.4 is 10.0 Å². The lowest BCUT2D eigenvalue weighted by atomic mass is 10.1. The molecule has 0 aliphatic rings. The summed E-state index contributed by atoms with van der Waals surface area (Å²) in [5.74, 6) is -0.349. The van der Waals surface area contributed by atoms with E-state index in [2.05, 4.69) is 10.0 Å². The minimum atomic E-state index is -3.72. The predicted molar refractivity (Wildman–Crippen MR) is 112 cm³/mol. The Hall–Kier alpha value is -2.19. The molecule has 0 spiro atoms. The minimum absolute atomic E-state index is 0.0517. The Bertz CT molecular complexity index is 1050. The molecule has 0 radical (unpaired) electrons. The zero-order chi connectivity index (χ0) is 20.1. The summed E-state index contributed by atoms with van der Waals surface area (Å²) in [6, 6.07) is 16.6. The number of carbonyl (C=O) groups is 1. The van der Waals surface area contributed by atoms with Gasteiger partial charge in [-0.25, -0.2) is 13.1 Å². The second-order valence-electron chi connectivity index (χ2n) is 6.18. The van der Waals surface area contributed by atoms with Crippen molar-refractivity contribution in [2.75, 3.05) is 0 Å². The van der Waals surface area contributed by atoms with Gasteiger partial charge in [0.25, 0.3) is 5.91 Å². The zero-order valence-corrected chi connectivity index (χ0v) is 17.4. The average Bonchev–Trinajstić information content (AvgIpc) is 3.21. The fourth-order valence-corrected chi connectivity index (χ4v) is 4.50. The molecule has 146 valence electrons. The van der Waals surface area contributed by atoms with Gasteiger partial charge in [0.15, 0.2) is 0 Å². The fourth-order valence-electron chi connectivity index (χ4n) is 2.58. The van der Waals surface area contributed by atoms with E-state index in [9.17, 15) is 13.2 Å². The summed E-state index contributed by atoms with van der Waals surface area (Å²) in [7, 11) is -3.72. The molecule has 0 aliphatic carbocycles. The molecule has 5 nitrogen and oxygen atoms in total. The molecule has 1 atom stereocenters. The normalized spacial score (nSPS) is 12.5. The monoisotopic (exact) mass is 434 g/mol. The number of sulfonamides is 1. The summed E-state index contributed by atoms with van der Waals surface area (Å²) in [6.07, 6.45) is 0. The molecule has 1 unspecified atom stereocenters. The van der Waals surface area contributed by atoms with Crippen molar-refractivity contribution >= 4 is 38.9 Å². The van der Waals surface area contributed by atoms with E-state index in [-0.39, 0.29) is 29.0 Å². The maximum Gasteiger partial charge on any atom is 0.251 e. The lowest BCUT2D eigenvalue weighted by molar-refractivity contribution is 0.0939. The van der Waals surface area contributed by atoms with Crippen LogP contribution in [-0.4, -0.2) is 14.3 Å². The van der Waals surface area contributed by atoms with Crippen molar-refractivity contribution < 1.29 is 13.2 Å². The topological polar surface area (TPSA) is 75.3 Å². The van der Waals surface area contributed by atoms with Crippen LogP contribution in [0.5, 0.6) is 0 Å². The molecular formula is C20H19ClN2O3S2. The predicted octanol–water partition coefficient (Wildman–Crippen LogP) is 4.37. The molecule has 1 heterocycles. The number of thiophene rings is 1. The summed E-state index contributed by atoms with van der Waals surface area (Å²) < 4.78 is 27.6. The van der Waals surface area contributed by atoms with Gasteiger partial charge in [0.05, 0.1) is 10.9 Å². The Morgan fingerprint density at radius 3 is 2.54 bits per heavy atom. The maximum atomic E-state index is 12.6. The lowest BCUT2D eigenvalue weighted by Gasteiger charge is -2.15. The van der Waals surface area contributed by atoms with Crippen LogP contribution >= 0.6 is 22.9 Å². The molecule has 8 heteroatoms. The van der Waals surface area contributed by atoms with Crippen molar-refractivity contribution in [1.29, 1.82) is 0 Å². The highest BCUT2D eigenvalue weighted by Crippen LogP contribution is 2.18. The molecule has 0 bridgehead atoms. The highest BCUT2D eigenvalue weighted by Gasteiger charge is 2.17. The second kappa shape index (κ2) is 8.87.